The fourth-order valence-electron chi connectivity index (χ4n) is 1.71. The Labute approximate surface area is 110 Å². The molecule has 0 saturated carbocycles. The van der Waals surface area contributed by atoms with Crippen LogP contribution in [0.25, 0.3) is 0 Å². The molecule has 0 aromatic heterocycles. The Morgan fingerprint density at radius 2 is 1.50 bits per heavy atom. The Balaban J connectivity index is 1.91. The summed E-state index contributed by atoms with van der Waals surface area (Å²) in [5, 5.41) is 0. The molecule has 1 heterocycles. The van der Waals surface area contributed by atoms with Gasteiger partial charge >= 0.3 is 7.32 Å². The van der Waals surface area contributed by atoms with Gasteiger partial charge in [-0.15, -0.1) is 0 Å². The van der Waals surface area contributed by atoms with Crippen molar-refractivity contribution in [2.45, 2.75) is 52.4 Å². The van der Waals surface area contributed by atoms with Gasteiger partial charge in [0.05, 0.1) is 17.8 Å². The van der Waals surface area contributed by atoms with Crippen molar-refractivity contribution in [1.29, 1.82) is 0 Å². The quantitative estimate of drug-likeness (QED) is 0.769. The highest BCUT2D eigenvalue weighted by Gasteiger charge is 2.52. The van der Waals surface area contributed by atoms with E-state index in [0.29, 0.717) is 6.61 Å². The van der Waals surface area contributed by atoms with Crippen molar-refractivity contribution >= 4 is 7.32 Å². The molecule has 1 aliphatic heterocycles. The molecule has 98 valence electrons. The van der Waals surface area contributed by atoms with Gasteiger partial charge in [-0.25, -0.2) is 0 Å². The lowest BCUT2D eigenvalue weighted by Crippen LogP contribution is -2.41. The van der Waals surface area contributed by atoms with Crippen molar-refractivity contribution < 1.29 is 14.0 Å². The minimum absolute atomic E-state index is 0.342. The summed E-state index contributed by atoms with van der Waals surface area (Å²) in [6, 6.07) is 8.26. The minimum atomic E-state index is -0.587. The summed E-state index contributed by atoms with van der Waals surface area (Å²) in [5.74, 6) is 0. The molecule has 1 fully saturated rings. The van der Waals surface area contributed by atoms with Crippen molar-refractivity contribution in [3.05, 3.63) is 35.4 Å². The van der Waals surface area contributed by atoms with Gasteiger partial charge in [0.1, 0.15) is 0 Å². The average Bonchev–Trinajstić information content (AvgIpc) is 2.47. The van der Waals surface area contributed by atoms with Crippen molar-refractivity contribution in [2.24, 2.45) is 0 Å². The highest BCUT2D eigenvalue weighted by Crippen LogP contribution is 2.37. The first-order valence-electron chi connectivity index (χ1n) is 6.33. The molecule has 1 aromatic carbocycles. The Hall–Kier alpha value is -0.835. The second kappa shape index (κ2) is 4.69. The van der Waals surface area contributed by atoms with Crippen molar-refractivity contribution in [3.63, 3.8) is 0 Å². The highest BCUT2D eigenvalue weighted by molar-refractivity contribution is 6.37. The molecule has 0 N–H and O–H groups in total. The van der Waals surface area contributed by atoms with E-state index in [0.717, 1.165) is 5.56 Å². The summed E-state index contributed by atoms with van der Waals surface area (Å²) in [6.45, 7) is 10.6. The first-order chi connectivity index (χ1) is 8.30. The van der Waals surface area contributed by atoms with Crippen LogP contribution < -0.4 is 0 Å². The number of hydrogen-bond acceptors (Lipinski definition) is 3. The van der Waals surface area contributed by atoms with E-state index >= 15 is 0 Å². The third kappa shape index (κ3) is 2.77. The van der Waals surface area contributed by atoms with Gasteiger partial charge in [0.25, 0.3) is 0 Å². The van der Waals surface area contributed by atoms with E-state index < -0.39 is 7.32 Å². The summed E-state index contributed by atoms with van der Waals surface area (Å²) in [7, 11) is -0.587. The van der Waals surface area contributed by atoms with E-state index in [9.17, 15) is 0 Å². The molecule has 0 radical (unpaired) electrons. The molecule has 1 saturated heterocycles. The zero-order valence-corrected chi connectivity index (χ0v) is 11.8. The Morgan fingerprint density at radius 1 is 1.00 bits per heavy atom. The first kappa shape index (κ1) is 13.6. The van der Waals surface area contributed by atoms with Crippen molar-refractivity contribution in [1.82, 2.24) is 0 Å². The van der Waals surface area contributed by atoms with Gasteiger partial charge in [-0.1, -0.05) is 29.8 Å². The molecule has 0 spiro atoms. The van der Waals surface area contributed by atoms with Gasteiger partial charge in [0.2, 0.25) is 0 Å². The molecule has 1 aliphatic rings. The summed E-state index contributed by atoms with van der Waals surface area (Å²) >= 11 is 0. The van der Waals surface area contributed by atoms with Gasteiger partial charge in [0, 0.05) is 0 Å². The molecule has 0 aliphatic carbocycles. The molecule has 4 heteroatoms. The maximum atomic E-state index is 5.77. The third-order valence-electron chi connectivity index (χ3n) is 3.74. The number of aryl methyl sites for hydroxylation is 1. The summed E-state index contributed by atoms with van der Waals surface area (Å²) in [5.41, 5.74) is 1.68. The fourth-order valence-corrected chi connectivity index (χ4v) is 1.71. The molecule has 0 amide bonds. The smallest absolute Gasteiger partial charge is 0.382 e. The zero-order chi connectivity index (χ0) is 13.4. The Kier molecular flexibility index (Phi) is 3.54. The maximum Gasteiger partial charge on any atom is 0.640 e. The van der Waals surface area contributed by atoms with Gasteiger partial charge < -0.3 is 14.0 Å². The van der Waals surface area contributed by atoms with E-state index in [4.69, 9.17) is 14.0 Å². The molecule has 0 bridgehead atoms. The lowest BCUT2D eigenvalue weighted by atomic mass is 9.90. The molecular weight excluding hydrogens is 227 g/mol. The van der Waals surface area contributed by atoms with Crippen molar-refractivity contribution in [3.8, 4) is 0 Å². The molecule has 0 unspecified atom stereocenters. The van der Waals surface area contributed by atoms with E-state index in [-0.39, 0.29) is 11.2 Å². The second-order valence-electron chi connectivity index (χ2n) is 5.84. The molecule has 3 nitrogen and oxygen atoms in total. The number of rotatable bonds is 3. The third-order valence-corrected chi connectivity index (χ3v) is 3.74. The van der Waals surface area contributed by atoms with Crippen LogP contribution >= 0.6 is 0 Å². The predicted molar refractivity (Wildman–Crippen MR) is 72.1 cm³/mol. The van der Waals surface area contributed by atoms with Crippen LogP contribution in [-0.4, -0.2) is 18.5 Å². The monoisotopic (exact) mass is 248 g/mol. The van der Waals surface area contributed by atoms with Crippen LogP contribution in [0.15, 0.2) is 24.3 Å². The number of benzene rings is 1. The predicted octanol–water partition coefficient (Wildman–Crippen LogP) is 3.10. The zero-order valence-electron chi connectivity index (χ0n) is 11.8. The topological polar surface area (TPSA) is 27.7 Å². The summed E-state index contributed by atoms with van der Waals surface area (Å²) in [6.07, 6.45) is 0. The molecule has 0 atom stereocenters. The Morgan fingerprint density at radius 3 is 2.00 bits per heavy atom. The molecular formula is C14H21BO3. The van der Waals surface area contributed by atoms with Gasteiger partial charge in [-0.05, 0) is 40.2 Å². The normalized spacial score (nSPS) is 21.3. The van der Waals surface area contributed by atoms with Crippen LogP contribution in [-0.2, 0) is 20.6 Å². The van der Waals surface area contributed by atoms with Crippen LogP contribution in [0.1, 0.15) is 38.8 Å². The number of hydrogen-bond donors (Lipinski definition) is 0. The minimum Gasteiger partial charge on any atom is -0.382 e. The highest BCUT2D eigenvalue weighted by atomic mass is 16.8. The van der Waals surface area contributed by atoms with Gasteiger partial charge in [-0.2, -0.15) is 0 Å². The standard InChI is InChI=1S/C14H21BO3/c1-11-6-8-12(9-7-11)10-16-15-17-13(2,3)14(4,5)18-15/h6-9H,10H2,1-5H3. The van der Waals surface area contributed by atoms with Crippen LogP contribution in [0.2, 0.25) is 0 Å². The van der Waals surface area contributed by atoms with Crippen molar-refractivity contribution in [2.75, 3.05) is 0 Å². The SMILES string of the molecule is Cc1ccc(COB2OC(C)(C)C(C)(C)O2)cc1. The van der Waals surface area contributed by atoms with Crippen LogP contribution in [0.5, 0.6) is 0 Å². The van der Waals surface area contributed by atoms with Crippen LogP contribution in [0.4, 0.5) is 0 Å². The Bertz CT molecular complexity index is 396. The van der Waals surface area contributed by atoms with E-state index in [1.807, 2.05) is 27.7 Å². The first-order valence-corrected chi connectivity index (χ1v) is 6.33. The van der Waals surface area contributed by atoms with Crippen LogP contribution in [0, 0.1) is 6.92 Å². The summed E-state index contributed by atoms with van der Waals surface area (Å²) in [4.78, 5) is 0. The molecule has 18 heavy (non-hydrogen) atoms. The largest absolute Gasteiger partial charge is 0.640 e. The molecule has 1 aromatic rings. The van der Waals surface area contributed by atoms with Crippen LogP contribution in [0.3, 0.4) is 0 Å². The lowest BCUT2D eigenvalue weighted by molar-refractivity contribution is 0.00578. The average molecular weight is 248 g/mol. The van der Waals surface area contributed by atoms with E-state index in [1.54, 1.807) is 0 Å². The fraction of sp³-hybridized carbons (Fsp3) is 0.571. The van der Waals surface area contributed by atoms with E-state index in [2.05, 4.69) is 31.2 Å². The maximum absolute atomic E-state index is 5.77. The summed E-state index contributed by atoms with van der Waals surface area (Å²) < 4.78 is 17.2. The molecule has 2 rings (SSSR count). The lowest BCUT2D eigenvalue weighted by Gasteiger charge is -2.31. The van der Waals surface area contributed by atoms with Gasteiger partial charge in [0.15, 0.2) is 0 Å². The second-order valence-corrected chi connectivity index (χ2v) is 5.84. The van der Waals surface area contributed by atoms with Gasteiger partial charge in [-0.3, -0.25) is 0 Å². The van der Waals surface area contributed by atoms with E-state index in [1.165, 1.54) is 5.56 Å².